The van der Waals surface area contributed by atoms with Crippen LogP contribution in [-0.4, -0.2) is 18.0 Å². The zero-order chi connectivity index (χ0) is 16.5. The van der Waals surface area contributed by atoms with Crippen molar-refractivity contribution in [2.24, 2.45) is 0 Å². The minimum Gasteiger partial charge on any atom is -0.496 e. The molecule has 120 valence electrons. The van der Waals surface area contributed by atoms with Gasteiger partial charge in [0.2, 0.25) is 0 Å². The lowest BCUT2D eigenvalue weighted by Gasteiger charge is -2.13. The minimum absolute atomic E-state index is 0.202. The van der Waals surface area contributed by atoms with Crippen molar-refractivity contribution in [2.75, 3.05) is 12.4 Å². The summed E-state index contributed by atoms with van der Waals surface area (Å²) >= 11 is 1.55. The Bertz CT molecular complexity index is 917. The topological polar surface area (TPSA) is 51.2 Å². The third kappa shape index (κ3) is 2.57. The van der Waals surface area contributed by atoms with E-state index in [9.17, 15) is 4.79 Å². The van der Waals surface area contributed by atoms with Crippen molar-refractivity contribution < 1.29 is 9.53 Å². The fourth-order valence-electron chi connectivity index (χ4n) is 3.00. The van der Waals surface area contributed by atoms with Crippen molar-refractivity contribution in [1.82, 2.24) is 4.98 Å². The molecule has 1 aliphatic rings. The summed E-state index contributed by atoms with van der Waals surface area (Å²) in [6.45, 7) is 0. The van der Waals surface area contributed by atoms with Gasteiger partial charge in [-0.05, 0) is 30.5 Å². The van der Waals surface area contributed by atoms with E-state index in [0.29, 0.717) is 16.4 Å². The van der Waals surface area contributed by atoms with E-state index in [0.717, 1.165) is 18.5 Å². The second-order valence-corrected chi connectivity index (χ2v) is 6.69. The zero-order valence-electron chi connectivity index (χ0n) is 13.2. The van der Waals surface area contributed by atoms with Crippen LogP contribution in [0, 0.1) is 0 Å². The number of rotatable bonds is 3. The molecule has 0 fully saturated rings. The molecule has 2 aromatic carbocycles. The molecule has 0 aliphatic heterocycles. The molecule has 24 heavy (non-hydrogen) atoms. The molecule has 1 amide bonds. The van der Waals surface area contributed by atoms with Gasteiger partial charge in [0.15, 0.2) is 5.13 Å². The van der Waals surface area contributed by atoms with Crippen LogP contribution in [0.25, 0.3) is 11.3 Å². The summed E-state index contributed by atoms with van der Waals surface area (Å²) in [4.78, 5) is 18.4. The third-order valence-electron chi connectivity index (χ3n) is 4.16. The molecule has 0 bridgehead atoms. The van der Waals surface area contributed by atoms with Gasteiger partial charge in [-0.2, -0.15) is 0 Å². The van der Waals surface area contributed by atoms with Gasteiger partial charge >= 0.3 is 0 Å². The Labute approximate surface area is 144 Å². The van der Waals surface area contributed by atoms with E-state index in [1.807, 2.05) is 18.2 Å². The first-order valence-corrected chi connectivity index (χ1v) is 8.60. The number of carbonyl (C=O) groups excluding carboxylic acids is 1. The lowest BCUT2D eigenvalue weighted by atomic mass is 9.94. The van der Waals surface area contributed by atoms with Crippen molar-refractivity contribution in [1.29, 1.82) is 0 Å². The Hall–Kier alpha value is -2.66. The highest BCUT2D eigenvalue weighted by molar-refractivity contribution is 7.16. The monoisotopic (exact) mass is 336 g/mol. The SMILES string of the molecule is COc1ccccc1C(=O)Nc1nc2c(s1)CCc1ccccc1-2. The van der Waals surface area contributed by atoms with Crippen LogP contribution >= 0.6 is 11.3 Å². The number of nitrogens with zero attached hydrogens (tertiary/aromatic N) is 1. The van der Waals surface area contributed by atoms with Crippen LogP contribution in [-0.2, 0) is 12.8 Å². The maximum Gasteiger partial charge on any atom is 0.261 e. The number of hydrogen-bond acceptors (Lipinski definition) is 4. The lowest BCUT2D eigenvalue weighted by Crippen LogP contribution is -2.12. The number of benzene rings is 2. The standard InChI is InChI=1S/C19H16N2O2S/c1-23-15-9-5-4-8-14(15)18(22)21-19-20-17-13-7-3-2-6-12(13)10-11-16(17)24-19/h2-9H,10-11H2,1H3,(H,20,21,22). The van der Waals surface area contributed by atoms with Crippen molar-refractivity contribution in [3.8, 4) is 17.0 Å². The molecular formula is C19H16N2O2S. The van der Waals surface area contributed by atoms with Gasteiger partial charge < -0.3 is 4.74 Å². The van der Waals surface area contributed by atoms with E-state index in [2.05, 4.69) is 28.5 Å². The van der Waals surface area contributed by atoms with Crippen LogP contribution in [0.2, 0.25) is 0 Å². The molecule has 1 aliphatic carbocycles. The first-order valence-electron chi connectivity index (χ1n) is 7.78. The number of aryl methyl sites for hydroxylation is 2. The first kappa shape index (κ1) is 14.9. The summed E-state index contributed by atoms with van der Waals surface area (Å²) in [5, 5.41) is 3.54. The largest absolute Gasteiger partial charge is 0.496 e. The second-order valence-electron chi connectivity index (χ2n) is 5.60. The number of nitrogens with one attached hydrogen (secondary N) is 1. The van der Waals surface area contributed by atoms with Crippen molar-refractivity contribution >= 4 is 22.4 Å². The van der Waals surface area contributed by atoms with E-state index in [1.165, 1.54) is 16.0 Å². The maximum atomic E-state index is 12.5. The van der Waals surface area contributed by atoms with Gasteiger partial charge in [-0.3, -0.25) is 10.1 Å². The molecule has 4 nitrogen and oxygen atoms in total. The molecule has 1 aromatic heterocycles. The highest BCUT2D eigenvalue weighted by Crippen LogP contribution is 2.38. The summed E-state index contributed by atoms with van der Waals surface area (Å²) in [6, 6.07) is 15.5. The lowest BCUT2D eigenvalue weighted by molar-refractivity contribution is 0.102. The van der Waals surface area contributed by atoms with Gasteiger partial charge in [0, 0.05) is 10.4 Å². The van der Waals surface area contributed by atoms with Crippen molar-refractivity contribution in [3.05, 3.63) is 64.5 Å². The van der Waals surface area contributed by atoms with E-state index in [1.54, 1.807) is 30.6 Å². The summed E-state index contributed by atoms with van der Waals surface area (Å²) in [7, 11) is 1.56. The molecule has 4 rings (SSSR count). The highest BCUT2D eigenvalue weighted by Gasteiger charge is 2.22. The first-order chi connectivity index (χ1) is 11.8. The number of anilines is 1. The molecular weight excluding hydrogens is 320 g/mol. The van der Waals surface area contributed by atoms with Gasteiger partial charge in [0.25, 0.3) is 5.91 Å². The normalized spacial score (nSPS) is 12.2. The Kier molecular flexibility index (Phi) is 3.78. The van der Waals surface area contributed by atoms with Gasteiger partial charge in [0.05, 0.1) is 18.4 Å². The fraction of sp³-hybridized carbons (Fsp3) is 0.158. The molecule has 0 radical (unpaired) electrons. The number of methoxy groups -OCH3 is 1. The number of carbonyl (C=O) groups is 1. The van der Waals surface area contributed by atoms with Crippen LogP contribution in [0.1, 0.15) is 20.8 Å². The molecule has 5 heteroatoms. The Morgan fingerprint density at radius 2 is 1.92 bits per heavy atom. The third-order valence-corrected chi connectivity index (χ3v) is 5.19. The van der Waals surface area contributed by atoms with Crippen molar-refractivity contribution in [3.63, 3.8) is 0 Å². The summed E-state index contributed by atoms with van der Waals surface area (Å²) in [5.74, 6) is 0.355. The average molecular weight is 336 g/mol. The predicted octanol–water partition coefficient (Wildman–Crippen LogP) is 4.17. The number of thiazole rings is 1. The number of hydrogen-bond donors (Lipinski definition) is 1. The summed E-state index contributed by atoms with van der Waals surface area (Å²) in [5.41, 5.74) is 4.00. The van der Waals surface area contributed by atoms with Crippen LogP contribution in [0.4, 0.5) is 5.13 Å². The summed E-state index contributed by atoms with van der Waals surface area (Å²) < 4.78 is 5.25. The number of ether oxygens (including phenoxy) is 1. The molecule has 0 saturated carbocycles. The van der Waals surface area contributed by atoms with Crippen LogP contribution in [0.15, 0.2) is 48.5 Å². The van der Waals surface area contributed by atoms with Gasteiger partial charge in [-0.25, -0.2) is 4.98 Å². The van der Waals surface area contributed by atoms with E-state index >= 15 is 0 Å². The molecule has 1 N–H and O–H groups in total. The maximum absolute atomic E-state index is 12.5. The molecule has 0 saturated heterocycles. The van der Waals surface area contributed by atoms with Crippen LogP contribution < -0.4 is 10.1 Å². The molecule has 0 unspecified atom stereocenters. The number of amides is 1. The number of aromatic nitrogens is 1. The van der Waals surface area contributed by atoms with Gasteiger partial charge in [-0.15, -0.1) is 11.3 Å². The van der Waals surface area contributed by atoms with E-state index < -0.39 is 0 Å². The van der Waals surface area contributed by atoms with Crippen LogP contribution in [0.5, 0.6) is 5.75 Å². The van der Waals surface area contributed by atoms with E-state index in [4.69, 9.17) is 4.74 Å². The highest BCUT2D eigenvalue weighted by atomic mass is 32.1. The van der Waals surface area contributed by atoms with Crippen LogP contribution in [0.3, 0.4) is 0 Å². The quantitative estimate of drug-likeness (QED) is 0.781. The number of fused-ring (bicyclic) bond motifs is 3. The smallest absolute Gasteiger partial charge is 0.261 e. The van der Waals surface area contributed by atoms with E-state index in [-0.39, 0.29) is 5.91 Å². The second kappa shape index (κ2) is 6.09. The molecule has 1 heterocycles. The molecule has 0 atom stereocenters. The number of para-hydroxylation sites is 1. The minimum atomic E-state index is -0.202. The average Bonchev–Trinajstić information content (AvgIpc) is 3.04. The summed E-state index contributed by atoms with van der Waals surface area (Å²) in [6.07, 6.45) is 1.99. The van der Waals surface area contributed by atoms with Crippen molar-refractivity contribution in [2.45, 2.75) is 12.8 Å². The Morgan fingerprint density at radius 1 is 1.12 bits per heavy atom. The molecule has 0 spiro atoms. The Morgan fingerprint density at radius 3 is 2.79 bits per heavy atom. The van der Waals surface area contributed by atoms with Gasteiger partial charge in [0.1, 0.15) is 5.75 Å². The predicted molar refractivity (Wildman–Crippen MR) is 95.9 cm³/mol. The zero-order valence-corrected chi connectivity index (χ0v) is 14.0. The Balaban J connectivity index is 1.64. The molecule has 3 aromatic rings. The van der Waals surface area contributed by atoms with Gasteiger partial charge in [-0.1, -0.05) is 36.4 Å². The fourth-order valence-corrected chi connectivity index (χ4v) is 3.97.